The molecule has 2 aromatic rings. The van der Waals surface area contributed by atoms with Crippen molar-refractivity contribution in [3.63, 3.8) is 0 Å². The topological polar surface area (TPSA) is 77.4 Å². The number of nitrogens with zero attached hydrogens (tertiary/aromatic N) is 4. The Balaban J connectivity index is 1.95. The lowest BCUT2D eigenvalue weighted by molar-refractivity contribution is -0.0481. The summed E-state index contributed by atoms with van der Waals surface area (Å²) in [6.45, 7) is 11.4. The van der Waals surface area contributed by atoms with Gasteiger partial charge in [-0.2, -0.15) is 5.10 Å². The number of fused-ring (bicyclic) bond motifs is 1. The summed E-state index contributed by atoms with van der Waals surface area (Å²) in [4.78, 5) is 11.3. The molecule has 3 rings (SSSR count). The number of aliphatic hydroxyl groups is 1. The van der Waals surface area contributed by atoms with E-state index >= 15 is 0 Å². The lowest BCUT2D eigenvalue weighted by Gasteiger charge is -2.38. The van der Waals surface area contributed by atoms with Crippen molar-refractivity contribution in [3.05, 3.63) is 48.1 Å². The average molecular weight is 414 g/mol. The van der Waals surface area contributed by atoms with Crippen molar-refractivity contribution in [1.82, 2.24) is 20.1 Å². The molecule has 162 valence electrons. The summed E-state index contributed by atoms with van der Waals surface area (Å²) in [5.74, 6) is -0.223. The number of pyridine rings is 1. The zero-order valence-electron chi connectivity index (χ0n) is 18.4. The van der Waals surface area contributed by atoms with Gasteiger partial charge in [-0.3, -0.25) is 15.0 Å². The highest BCUT2D eigenvalue weighted by Crippen LogP contribution is 2.28. The molecule has 0 saturated heterocycles. The maximum Gasteiger partial charge on any atom is 0.181 e. The summed E-state index contributed by atoms with van der Waals surface area (Å²) in [5, 5.41) is 19.0. The second kappa shape index (κ2) is 9.18. The van der Waals surface area contributed by atoms with E-state index in [4.69, 9.17) is 4.99 Å². The first-order valence-electron chi connectivity index (χ1n) is 10.6. The van der Waals surface area contributed by atoms with Crippen LogP contribution in [0.1, 0.15) is 46.7 Å². The number of hydrogen-bond acceptors (Lipinski definition) is 5. The predicted octanol–water partition coefficient (Wildman–Crippen LogP) is 4.25. The quantitative estimate of drug-likeness (QED) is 0.678. The zero-order valence-corrected chi connectivity index (χ0v) is 18.4. The van der Waals surface area contributed by atoms with Crippen LogP contribution in [0.2, 0.25) is 0 Å². The summed E-state index contributed by atoms with van der Waals surface area (Å²) in [7, 11) is 0. The molecule has 30 heavy (non-hydrogen) atoms. The van der Waals surface area contributed by atoms with Gasteiger partial charge in [0.2, 0.25) is 0 Å². The van der Waals surface area contributed by atoms with Crippen molar-refractivity contribution < 1.29 is 9.50 Å². The van der Waals surface area contributed by atoms with Gasteiger partial charge in [-0.05, 0) is 55.5 Å². The van der Waals surface area contributed by atoms with E-state index in [1.807, 2.05) is 39.8 Å². The van der Waals surface area contributed by atoms with E-state index in [2.05, 4.69) is 27.0 Å². The Labute approximate surface area is 177 Å². The standard InChI is InChI=1S/C23H32FN5O/c1-6-12-29(14-16(4)23(5,30)15(2)3)20-13-17(24)9-10-19(26-20)21-18-8-7-11-25-22(18)28-27-21/h7-11,13,15-16,20,30H,6,12,14H2,1-5H3,(H,25,27,28). The molecule has 2 N–H and O–H groups in total. The fraction of sp³-hybridized carbons (Fsp3) is 0.522. The SMILES string of the molecule is CCCN(CC(C)C(C)(O)C(C)C)C1C=C(F)C=CC(c2[nH]nc3ncccc23)=N1. The van der Waals surface area contributed by atoms with Crippen LogP contribution >= 0.6 is 0 Å². The van der Waals surface area contributed by atoms with Gasteiger partial charge in [0.15, 0.2) is 5.65 Å². The minimum atomic E-state index is -0.824. The molecule has 6 nitrogen and oxygen atoms in total. The normalized spacial score (nSPS) is 20.2. The highest BCUT2D eigenvalue weighted by atomic mass is 19.1. The fourth-order valence-corrected chi connectivity index (χ4v) is 3.68. The number of halogens is 1. The summed E-state index contributed by atoms with van der Waals surface area (Å²) in [5.41, 5.74) is 1.13. The zero-order chi connectivity index (χ0) is 21.9. The Bertz CT molecular complexity index is 959. The first kappa shape index (κ1) is 22.3. The van der Waals surface area contributed by atoms with Gasteiger partial charge < -0.3 is 5.11 Å². The van der Waals surface area contributed by atoms with Gasteiger partial charge in [0.1, 0.15) is 12.0 Å². The third kappa shape index (κ3) is 4.68. The van der Waals surface area contributed by atoms with Crippen molar-refractivity contribution in [2.75, 3.05) is 13.1 Å². The Morgan fingerprint density at radius 3 is 2.77 bits per heavy atom. The van der Waals surface area contributed by atoms with Gasteiger partial charge in [-0.25, -0.2) is 9.37 Å². The highest BCUT2D eigenvalue weighted by molar-refractivity contribution is 6.14. The molecule has 1 aliphatic heterocycles. The lowest BCUT2D eigenvalue weighted by atomic mass is 9.81. The van der Waals surface area contributed by atoms with Gasteiger partial charge in [0.25, 0.3) is 0 Å². The number of aromatic amines is 1. The number of nitrogens with one attached hydrogen (secondary N) is 1. The van der Waals surface area contributed by atoms with E-state index in [1.165, 1.54) is 12.2 Å². The minimum absolute atomic E-state index is 0.00689. The first-order valence-corrected chi connectivity index (χ1v) is 10.6. The fourth-order valence-electron chi connectivity index (χ4n) is 3.68. The van der Waals surface area contributed by atoms with Crippen molar-refractivity contribution in [1.29, 1.82) is 0 Å². The lowest BCUT2D eigenvalue weighted by Crippen LogP contribution is -2.47. The van der Waals surface area contributed by atoms with Crippen LogP contribution in [0.5, 0.6) is 0 Å². The van der Waals surface area contributed by atoms with E-state index in [9.17, 15) is 9.50 Å². The van der Waals surface area contributed by atoms with Crippen LogP contribution in [0.3, 0.4) is 0 Å². The molecule has 7 heteroatoms. The number of aromatic nitrogens is 3. The number of hydrogen-bond donors (Lipinski definition) is 2. The van der Waals surface area contributed by atoms with Gasteiger partial charge in [-0.15, -0.1) is 0 Å². The van der Waals surface area contributed by atoms with Gasteiger partial charge in [-0.1, -0.05) is 27.7 Å². The predicted molar refractivity (Wildman–Crippen MR) is 119 cm³/mol. The largest absolute Gasteiger partial charge is 0.390 e. The summed E-state index contributed by atoms with van der Waals surface area (Å²) in [6, 6.07) is 3.77. The van der Waals surface area contributed by atoms with Crippen molar-refractivity contribution >= 4 is 16.7 Å². The highest BCUT2D eigenvalue weighted by Gasteiger charge is 2.34. The summed E-state index contributed by atoms with van der Waals surface area (Å²) in [6.07, 6.45) is 6.75. The Morgan fingerprint density at radius 1 is 1.30 bits per heavy atom. The molecule has 0 spiro atoms. The summed E-state index contributed by atoms with van der Waals surface area (Å²) >= 11 is 0. The van der Waals surface area contributed by atoms with Crippen molar-refractivity contribution in [2.24, 2.45) is 16.8 Å². The Morgan fingerprint density at radius 2 is 2.07 bits per heavy atom. The molecule has 3 unspecified atom stereocenters. The molecule has 0 bridgehead atoms. The number of H-pyrrole nitrogens is 1. The van der Waals surface area contributed by atoms with Crippen molar-refractivity contribution in [2.45, 2.75) is 52.8 Å². The Kier molecular flexibility index (Phi) is 6.83. The molecular weight excluding hydrogens is 381 g/mol. The first-order chi connectivity index (χ1) is 14.2. The van der Waals surface area contributed by atoms with Crippen molar-refractivity contribution in [3.8, 4) is 0 Å². The Hall–Kier alpha value is -2.38. The van der Waals surface area contributed by atoms with E-state index in [0.717, 1.165) is 24.0 Å². The second-order valence-corrected chi connectivity index (χ2v) is 8.56. The molecule has 2 aromatic heterocycles. The molecule has 0 fully saturated rings. The monoisotopic (exact) mass is 413 g/mol. The molecule has 0 amide bonds. The minimum Gasteiger partial charge on any atom is -0.390 e. The van der Waals surface area contributed by atoms with E-state index < -0.39 is 11.8 Å². The number of aliphatic imine (C=N–C) groups is 1. The number of rotatable bonds is 8. The van der Waals surface area contributed by atoms with Crippen LogP contribution < -0.4 is 0 Å². The molecular formula is C23H32FN5O. The van der Waals surface area contributed by atoms with Gasteiger partial charge >= 0.3 is 0 Å². The molecule has 3 atom stereocenters. The van der Waals surface area contributed by atoms with E-state index in [0.29, 0.717) is 17.9 Å². The van der Waals surface area contributed by atoms with Crippen LogP contribution in [-0.2, 0) is 0 Å². The van der Waals surface area contributed by atoms with E-state index in [-0.39, 0.29) is 17.7 Å². The maximum atomic E-state index is 14.5. The van der Waals surface area contributed by atoms with Gasteiger partial charge in [0, 0.05) is 24.7 Å². The molecule has 0 saturated carbocycles. The molecule has 0 radical (unpaired) electrons. The third-order valence-corrected chi connectivity index (χ3v) is 6.13. The second-order valence-electron chi connectivity index (χ2n) is 8.56. The summed E-state index contributed by atoms with van der Waals surface area (Å²) < 4.78 is 14.5. The van der Waals surface area contributed by atoms with Gasteiger partial charge in [0.05, 0.1) is 17.0 Å². The molecule has 1 aliphatic rings. The molecule has 3 heterocycles. The molecule has 0 aliphatic carbocycles. The van der Waals surface area contributed by atoms with Crippen LogP contribution in [0.4, 0.5) is 4.39 Å². The van der Waals surface area contributed by atoms with Crippen LogP contribution in [0.25, 0.3) is 11.0 Å². The van der Waals surface area contributed by atoms with Crippen LogP contribution in [0, 0.1) is 11.8 Å². The average Bonchev–Trinajstić information content (AvgIpc) is 3.04. The van der Waals surface area contributed by atoms with Crippen LogP contribution in [0.15, 0.2) is 47.4 Å². The smallest absolute Gasteiger partial charge is 0.181 e. The van der Waals surface area contributed by atoms with E-state index in [1.54, 1.807) is 12.3 Å². The maximum absolute atomic E-state index is 14.5. The number of allylic oxidation sites excluding steroid dienone is 3. The molecule has 0 aromatic carbocycles. The van der Waals surface area contributed by atoms with Crippen LogP contribution in [-0.4, -0.2) is 55.8 Å². The third-order valence-electron chi connectivity index (χ3n) is 6.13.